The van der Waals surface area contributed by atoms with Gasteiger partial charge in [-0.2, -0.15) is 0 Å². The lowest BCUT2D eigenvalue weighted by Gasteiger charge is -2.31. The Kier molecular flexibility index (Phi) is 2.39. The van der Waals surface area contributed by atoms with Gasteiger partial charge in [0.15, 0.2) is 0 Å². The lowest BCUT2D eigenvalue weighted by Crippen LogP contribution is -2.22. The molecule has 1 heteroatoms. The minimum absolute atomic E-state index is 0.736. The number of rotatable bonds is 2. The molecule has 0 radical (unpaired) electrons. The highest BCUT2D eigenvalue weighted by Gasteiger charge is 2.53. The molecule has 0 aromatic rings. The molecule has 0 heterocycles. The number of hydrogen-bond acceptors (Lipinski definition) is 1. The van der Waals surface area contributed by atoms with Gasteiger partial charge in [0.2, 0.25) is 0 Å². The maximum absolute atomic E-state index is 5.73. The summed E-state index contributed by atoms with van der Waals surface area (Å²) in [7, 11) is 0. The van der Waals surface area contributed by atoms with Crippen molar-refractivity contribution in [2.75, 3.05) is 6.54 Å². The second-order valence-corrected chi connectivity index (χ2v) is 5.58. The summed E-state index contributed by atoms with van der Waals surface area (Å²) in [6.07, 6.45) is 7.31. The number of nitrogens with two attached hydrogens (primary N) is 1. The summed E-state index contributed by atoms with van der Waals surface area (Å²) in [5.74, 6) is 2.79. The van der Waals surface area contributed by atoms with Crippen molar-refractivity contribution in [2.24, 2.45) is 28.9 Å². The van der Waals surface area contributed by atoms with Crippen LogP contribution in [0.3, 0.4) is 0 Å². The molecule has 0 bridgehead atoms. The Balaban J connectivity index is 1.84. The van der Waals surface area contributed by atoms with E-state index in [4.69, 9.17) is 5.73 Å². The van der Waals surface area contributed by atoms with Crippen molar-refractivity contribution in [3.8, 4) is 0 Å². The van der Waals surface area contributed by atoms with E-state index in [1.807, 2.05) is 0 Å². The smallest absolute Gasteiger partial charge is 0.00433 e. The predicted molar refractivity (Wildman–Crippen MR) is 56.4 cm³/mol. The Hall–Kier alpha value is -0.0400. The third kappa shape index (κ3) is 1.63. The van der Waals surface area contributed by atoms with E-state index < -0.39 is 0 Å². The largest absolute Gasteiger partial charge is 0.330 e. The van der Waals surface area contributed by atoms with Crippen LogP contribution in [-0.2, 0) is 0 Å². The first-order chi connectivity index (χ1) is 6.18. The molecule has 2 aliphatic rings. The first kappa shape index (κ1) is 9.51. The van der Waals surface area contributed by atoms with Gasteiger partial charge in [-0.15, -0.1) is 0 Å². The monoisotopic (exact) mass is 181 g/mol. The zero-order valence-corrected chi connectivity index (χ0v) is 9.05. The normalized spacial score (nSPS) is 44.3. The van der Waals surface area contributed by atoms with Crippen molar-refractivity contribution < 1.29 is 0 Å². The first-order valence-electron chi connectivity index (χ1n) is 5.88. The Morgan fingerprint density at radius 1 is 1.31 bits per heavy atom. The zero-order valence-electron chi connectivity index (χ0n) is 9.05. The van der Waals surface area contributed by atoms with E-state index in [1.165, 1.54) is 32.1 Å². The van der Waals surface area contributed by atoms with E-state index in [0.717, 1.165) is 29.7 Å². The lowest BCUT2D eigenvalue weighted by atomic mass is 9.74. The molecule has 1 atom stereocenters. The van der Waals surface area contributed by atoms with Crippen LogP contribution in [-0.4, -0.2) is 6.54 Å². The summed E-state index contributed by atoms with van der Waals surface area (Å²) >= 11 is 0. The highest BCUT2D eigenvalue weighted by Crippen LogP contribution is 2.62. The van der Waals surface area contributed by atoms with E-state index in [-0.39, 0.29) is 0 Å². The van der Waals surface area contributed by atoms with Crippen molar-refractivity contribution in [1.82, 2.24) is 0 Å². The molecule has 2 rings (SSSR count). The Labute approximate surface area is 82.1 Å². The fourth-order valence-electron chi connectivity index (χ4n) is 3.26. The van der Waals surface area contributed by atoms with Crippen LogP contribution >= 0.6 is 0 Å². The standard InChI is InChI=1S/C12H23N/c1-9(2)10-3-5-12(6-4-10)7-11(12)8-13/h9-11H,3-8,13H2,1-2H3. The molecule has 1 nitrogen and oxygen atoms in total. The molecular formula is C12H23N. The van der Waals surface area contributed by atoms with E-state index in [9.17, 15) is 0 Å². The second kappa shape index (κ2) is 3.27. The molecule has 1 spiro atoms. The van der Waals surface area contributed by atoms with Gasteiger partial charge in [-0.3, -0.25) is 0 Å². The average molecular weight is 181 g/mol. The van der Waals surface area contributed by atoms with Crippen molar-refractivity contribution in [1.29, 1.82) is 0 Å². The summed E-state index contributed by atoms with van der Waals surface area (Å²) in [6.45, 7) is 5.68. The highest BCUT2D eigenvalue weighted by atomic mass is 14.7. The fraction of sp³-hybridized carbons (Fsp3) is 1.00. The molecule has 0 saturated heterocycles. The molecule has 1 unspecified atom stereocenters. The maximum atomic E-state index is 5.73. The van der Waals surface area contributed by atoms with Crippen LogP contribution in [0, 0.1) is 23.2 Å². The topological polar surface area (TPSA) is 26.0 Å². The van der Waals surface area contributed by atoms with Gasteiger partial charge in [-0.1, -0.05) is 13.8 Å². The summed E-state index contributed by atoms with van der Waals surface area (Å²) < 4.78 is 0. The quantitative estimate of drug-likeness (QED) is 0.696. The van der Waals surface area contributed by atoms with E-state index >= 15 is 0 Å². The molecule has 0 aromatic carbocycles. The van der Waals surface area contributed by atoms with E-state index in [0.29, 0.717) is 0 Å². The van der Waals surface area contributed by atoms with Crippen molar-refractivity contribution in [3.63, 3.8) is 0 Å². The van der Waals surface area contributed by atoms with Gasteiger partial charge in [-0.25, -0.2) is 0 Å². The van der Waals surface area contributed by atoms with Crippen molar-refractivity contribution in [3.05, 3.63) is 0 Å². The SMILES string of the molecule is CC(C)C1CCC2(CC1)CC2CN. The van der Waals surface area contributed by atoms with Crippen molar-refractivity contribution in [2.45, 2.75) is 46.0 Å². The van der Waals surface area contributed by atoms with Crippen LogP contribution in [0.2, 0.25) is 0 Å². The first-order valence-corrected chi connectivity index (χ1v) is 5.88. The van der Waals surface area contributed by atoms with Gasteiger partial charge in [-0.05, 0) is 61.8 Å². The van der Waals surface area contributed by atoms with Crippen LogP contribution in [0.15, 0.2) is 0 Å². The van der Waals surface area contributed by atoms with Crippen LogP contribution in [0.25, 0.3) is 0 Å². The summed E-state index contributed by atoms with van der Waals surface area (Å²) in [5.41, 5.74) is 6.47. The second-order valence-electron chi connectivity index (χ2n) is 5.58. The Bertz CT molecular complexity index is 178. The fourth-order valence-corrected chi connectivity index (χ4v) is 3.26. The van der Waals surface area contributed by atoms with Crippen LogP contribution in [0.4, 0.5) is 0 Å². The van der Waals surface area contributed by atoms with Gasteiger partial charge < -0.3 is 5.73 Å². The van der Waals surface area contributed by atoms with E-state index in [1.54, 1.807) is 0 Å². The van der Waals surface area contributed by atoms with Crippen LogP contribution < -0.4 is 5.73 Å². The molecule has 0 aliphatic heterocycles. The molecule has 2 saturated carbocycles. The van der Waals surface area contributed by atoms with Crippen LogP contribution in [0.5, 0.6) is 0 Å². The zero-order chi connectivity index (χ0) is 9.47. The van der Waals surface area contributed by atoms with Crippen LogP contribution in [0.1, 0.15) is 46.0 Å². The number of hydrogen-bond donors (Lipinski definition) is 1. The van der Waals surface area contributed by atoms with Crippen molar-refractivity contribution >= 4 is 0 Å². The molecule has 2 fully saturated rings. The summed E-state index contributed by atoms with van der Waals surface area (Å²) in [5, 5.41) is 0. The third-order valence-electron chi connectivity index (χ3n) is 4.61. The van der Waals surface area contributed by atoms with E-state index in [2.05, 4.69) is 13.8 Å². The molecule has 0 aromatic heterocycles. The summed E-state index contributed by atoms with van der Waals surface area (Å²) in [6, 6.07) is 0. The molecule has 2 aliphatic carbocycles. The predicted octanol–water partition coefficient (Wildman–Crippen LogP) is 2.80. The van der Waals surface area contributed by atoms with Gasteiger partial charge in [0.05, 0.1) is 0 Å². The third-order valence-corrected chi connectivity index (χ3v) is 4.61. The van der Waals surface area contributed by atoms with Gasteiger partial charge in [0.25, 0.3) is 0 Å². The summed E-state index contributed by atoms with van der Waals surface area (Å²) in [4.78, 5) is 0. The molecule has 13 heavy (non-hydrogen) atoms. The lowest BCUT2D eigenvalue weighted by molar-refractivity contribution is 0.198. The Morgan fingerprint density at radius 3 is 2.31 bits per heavy atom. The molecule has 2 N–H and O–H groups in total. The highest BCUT2D eigenvalue weighted by molar-refractivity contribution is 5.04. The van der Waals surface area contributed by atoms with Gasteiger partial charge >= 0.3 is 0 Å². The average Bonchev–Trinajstić information content (AvgIpc) is 2.80. The minimum Gasteiger partial charge on any atom is -0.330 e. The molecular weight excluding hydrogens is 158 g/mol. The molecule has 76 valence electrons. The maximum Gasteiger partial charge on any atom is -0.00433 e. The Morgan fingerprint density at radius 2 is 1.92 bits per heavy atom. The molecule has 0 amide bonds. The van der Waals surface area contributed by atoms with Gasteiger partial charge in [0.1, 0.15) is 0 Å². The van der Waals surface area contributed by atoms with Gasteiger partial charge in [0, 0.05) is 0 Å². The minimum atomic E-state index is 0.736.